The fourth-order valence-corrected chi connectivity index (χ4v) is 6.18. The minimum absolute atomic E-state index is 0.0148. The number of hydrogen-bond donors (Lipinski definition) is 2. The molecule has 0 spiro atoms. The lowest BCUT2D eigenvalue weighted by Crippen LogP contribution is -2.42. The van der Waals surface area contributed by atoms with Crippen LogP contribution in [0, 0.1) is 16.7 Å². The molecule has 9 nitrogen and oxygen atoms in total. The number of carbonyl (C=O) groups is 1. The third-order valence-corrected chi connectivity index (χ3v) is 9.07. The van der Waals surface area contributed by atoms with E-state index in [4.69, 9.17) is 4.98 Å². The average Bonchev–Trinajstić information content (AvgIpc) is 3.68. The molecule has 9 heteroatoms. The van der Waals surface area contributed by atoms with Gasteiger partial charge in [0.2, 0.25) is 0 Å². The first kappa shape index (κ1) is 26.5. The van der Waals surface area contributed by atoms with Crippen LogP contribution < -0.4 is 10.2 Å². The average molecular weight is 560 g/mol. The van der Waals surface area contributed by atoms with E-state index in [0.717, 1.165) is 65.7 Å². The van der Waals surface area contributed by atoms with Crippen LogP contribution in [0.2, 0.25) is 0 Å². The molecule has 0 radical (unpaired) electrons. The largest absolute Gasteiger partial charge is 0.396 e. The van der Waals surface area contributed by atoms with Crippen LogP contribution in [0.4, 0.5) is 5.82 Å². The zero-order chi connectivity index (χ0) is 28.8. The number of anilines is 1. The summed E-state index contributed by atoms with van der Waals surface area (Å²) in [6, 6.07) is 18.1. The van der Waals surface area contributed by atoms with E-state index in [2.05, 4.69) is 33.7 Å². The Labute approximate surface area is 244 Å². The minimum atomic E-state index is -0.0441. The van der Waals surface area contributed by atoms with Gasteiger partial charge in [-0.3, -0.25) is 9.69 Å². The minimum Gasteiger partial charge on any atom is -0.396 e. The Kier molecular flexibility index (Phi) is 6.60. The Hall–Kier alpha value is -4.39. The van der Waals surface area contributed by atoms with Crippen molar-refractivity contribution in [2.24, 2.45) is 12.5 Å². The van der Waals surface area contributed by atoms with E-state index in [0.29, 0.717) is 41.8 Å². The fourth-order valence-electron chi connectivity index (χ4n) is 6.18. The van der Waals surface area contributed by atoms with Gasteiger partial charge in [0.15, 0.2) is 5.82 Å². The summed E-state index contributed by atoms with van der Waals surface area (Å²) in [5.41, 5.74) is 6.98. The van der Waals surface area contributed by atoms with Gasteiger partial charge in [-0.15, -0.1) is 10.2 Å². The van der Waals surface area contributed by atoms with Crippen molar-refractivity contribution in [3.8, 4) is 28.6 Å². The highest BCUT2D eigenvalue weighted by molar-refractivity contribution is 6.10. The Morgan fingerprint density at radius 1 is 1.10 bits per heavy atom. The van der Waals surface area contributed by atoms with Gasteiger partial charge in [0.05, 0.1) is 18.2 Å². The molecule has 1 aliphatic heterocycles. The SMILES string of the molecule is Cn1cnnc1-c1cc(C#N)ccc1-c1cc(C2CC2)nc(N2Cc3ccc(CNCC4(CO)CCC4)cc3C2=O)c1. The van der Waals surface area contributed by atoms with Crippen LogP contribution in [0.15, 0.2) is 54.9 Å². The molecule has 2 saturated carbocycles. The maximum atomic E-state index is 13.8. The molecule has 7 rings (SSSR count). The molecule has 4 aromatic rings. The van der Waals surface area contributed by atoms with Gasteiger partial charge >= 0.3 is 0 Å². The molecule has 0 saturated heterocycles. The van der Waals surface area contributed by atoms with Crippen molar-refractivity contribution < 1.29 is 9.90 Å². The van der Waals surface area contributed by atoms with Crippen LogP contribution in [-0.2, 0) is 20.1 Å². The van der Waals surface area contributed by atoms with E-state index < -0.39 is 0 Å². The van der Waals surface area contributed by atoms with Crippen molar-refractivity contribution in [3.63, 3.8) is 0 Å². The van der Waals surface area contributed by atoms with Crippen molar-refractivity contribution in [3.05, 3.63) is 82.8 Å². The van der Waals surface area contributed by atoms with E-state index in [1.54, 1.807) is 11.2 Å². The van der Waals surface area contributed by atoms with Gasteiger partial charge in [-0.1, -0.05) is 24.6 Å². The second kappa shape index (κ2) is 10.5. The molecular formula is C33H33N7O2. The lowest BCUT2D eigenvalue weighted by molar-refractivity contribution is 0.0445. The van der Waals surface area contributed by atoms with Gasteiger partial charge in [-0.05, 0) is 78.3 Å². The first-order valence-electron chi connectivity index (χ1n) is 14.6. The third-order valence-electron chi connectivity index (χ3n) is 9.07. The molecule has 3 heterocycles. The Morgan fingerprint density at radius 2 is 1.95 bits per heavy atom. The Bertz CT molecular complexity index is 1720. The topological polar surface area (TPSA) is 120 Å². The summed E-state index contributed by atoms with van der Waals surface area (Å²) in [4.78, 5) is 20.5. The predicted octanol–water partition coefficient (Wildman–Crippen LogP) is 4.71. The van der Waals surface area contributed by atoms with Crippen LogP contribution in [0.3, 0.4) is 0 Å². The molecule has 212 valence electrons. The van der Waals surface area contributed by atoms with Crippen LogP contribution in [0.1, 0.15) is 70.8 Å². The van der Waals surface area contributed by atoms with E-state index in [1.807, 2.05) is 48.0 Å². The number of nitrogens with one attached hydrogen (secondary N) is 1. The first-order chi connectivity index (χ1) is 20.5. The lowest BCUT2D eigenvalue weighted by atomic mass is 9.69. The number of aliphatic hydroxyl groups excluding tert-OH is 1. The molecule has 2 aromatic carbocycles. The van der Waals surface area contributed by atoms with Crippen LogP contribution >= 0.6 is 0 Å². The number of fused-ring (bicyclic) bond motifs is 1. The second-order valence-electron chi connectivity index (χ2n) is 12.0. The summed E-state index contributed by atoms with van der Waals surface area (Å²) in [7, 11) is 1.88. The number of nitriles is 1. The highest BCUT2D eigenvalue weighted by atomic mass is 16.3. The fraction of sp³-hybridized carbons (Fsp3) is 0.364. The molecule has 2 fully saturated rings. The molecule has 2 aliphatic carbocycles. The van der Waals surface area contributed by atoms with Crippen molar-refractivity contribution in [1.29, 1.82) is 5.26 Å². The Morgan fingerprint density at radius 3 is 2.64 bits per heavy atom. The zero-order valence-electron chi connectivity index (χ0n) is 23.7. The molecule has 1 amide bonds. The van der Waals surface area contributed by atoms with Crippen LogP contribution in [0.25, 0.3) is 22.5 Å². The van der Waals surface area contributed by atoms with Crippen molar-refractivity contribution in [2.45, 2.75) is 51.1 Å². The molecule has 3 aliphatic rings. The number of benzene rings is 2. The summed E-state index contributed by atoms with van der Waals surface area (Å²) in [5.74, 6) is 1.65. The highest BCUT2D eigenvalue weighted by Gasteiger charge is 2.36. The molecule has 0 unspecified atom stereocenters. The molecule has 0 bridgehead atoms. The number of hydrogen-bond acceptors (Lipinski definition) is 7. The molecule has 2 aromatic heterocycles. The third kappa shape index (κ3) is 4.77. The van der Waals surface area contributed by atoms with E-state index in [1.165, 1.54) is 6.42 Å². The number of aliphatic hydroxyl groups is 1. The molecule has 2 N–H and O–H groups in total. The number of amides is 1. The lowest BCUT2D eigenvalue weighted by Gasteiger charge is -2.40. The standard InChI is InChI=1S/C33H33N7O2/c1-39-20-36-38-31(39)28-11-21(15-34)4-8-26(28)25-13-29(23-6-7-23)37-30(14-25)40-17-24-5-3-22(12-27(24)32(40)42)16-35-18-33(19-41)9-2-10-33/h3-5,8,11-14,20,23,35,41H,2,6-7,9-10,16-19H2,1H3. The number of aromatic nitrogens is 4. The number of carbonyl (C=O) groups excluding carboxylic acids is 1. The van der Waals surface area contributed by atoms with Crippen molar-refractivity contribution in [1.82, 2.24) is 25.1 Å². The predicted molar refractivity (Wildman–Crippen MR) is 158 cm³/mol. The molecular weight excluding hydrogens is 526 g/mol. The number of aryl methyl sites for hydroxylation is 1. The number of rotatable bonds is 9. The van der Waals surface area contributed by atoms with Crippen molar-refractivity contribution in [2.75, 3.05) is 18.1 Å². The maximum absolute atomic E-state index is 13.8. The van der Waals surface area contributed by atoms with Gasteiger partial charge in [-0.25, -0.2) is 4.98 Å². The van der Waals surface area contributed by atoms with Gasteiger partial charge in [0.1, 0.15) is 12.1 Å². The van der Waals surface area contributed by atoms with E-state index in [-0.39, 0.29) is 17.9 Å². The zero-order valence-corrected chi connectivity index (χ0v) is 23.7. The summed E-state index contributed by atoms with van der Waals surface area (Å²) in [6.45, 7) is 2.13. The van der Waals surface area contributed by atoms with Gasteiger partial charge in [0, 0.05) is 54.9 Å². The summed E-state index contributed by atoms with van der Waals surface area (Å²) < 4.78 is 1.84. The quantitative estimate of drug-likeness (QED) is 0.305. The molecule has 42 heavy (non-hydrogen) atoms. The van der Waals surface area contributed by atoms with Gasteiger partial charge < -0.3 is 15.0 Å². The normalized spacial score (nSPS) is 17.2. The monoisotopic (exact) mass is 559 g/mol. The first-order valence-corrected chi connectivity index (χ1v) is 14.6. The maximum Gasteiger partial charge on any atom is 0.260 e. The smallest absolute Gasteiger partial charge is 0.260 e. The van der Waals surface area contributed by atoms with E-state index in [9.17, 15) is 15.2 Å². The summed E-state index contributed by atoms with van der Waals surface area (Å²) >= 11 is 0. The van der Waals surface area contributed by atoms with Crippen LogP contribution in [0.5, 0.6) is 0 Å². The molecule has 0 atom stereocenters. The summed E-state index contributed by atoms with van der Waals surface area (Å²) in [6.07, 6.45) is 7.11. The van der Waals surface area contributed by atoms with Crippen LogP contribution in [-0.4, -0.2) is 43.9 Å². The summed E-state index contributed by atoms with van der Waals surface area (Å²) in [5, 5.41) is 31.2. The van der Waals surface area contributed by atoms with E-state index >= 15 is 0 Å². The highest BCUT2D eigenvalue weighted by Crippen LogP contribution is 2.43. The Balaban J connectivity index is 1.20. The number of pyridine rings is 1. The number of nitrogens with zero attached hydrogens (tertiary/aromatic N) is 6. The second-order valence-corrected chi connectivity index (χ2v) is 12.0. The van der Waals surface area contributed by atoms with Crippen molar-refractivity contribution >= 4 is 11.7 Å². The van der Waals surface area contributed by atoms with Gasteiger partial charge in [-0.2, -0.15) is 5.26 Å². The van der Waals surface area contributed by atoms with Gasteiger partial charge in [0.25, 0.3) is 5.91 Å².